The fourth-order valence-corrected chi connectivity index (χ4v) is 8.23. The monoisotopic (exact) mass is 678 g/mol. The van der Waals surface area contributed by atoms with Crippen molar-refractivity contribution >= 4 is 24.2 Å². The summed E-state index contributed by atoms with van der Waals surface area (Å²) in [6, 6.07) is 10.0. The summed E-state index contributed by atoms with van der Waals surface area (Å²) < 4.78 is 39.4. The molecule has 43 heavy (non-hydrogen) atoms. The number of para-hydroxylation sites is 1. The van der Waals surface area contributed by atoms with Gasteiger partial charge in [-0.3, -0.25) is 0 Å². The minimum Gasteiger partial charge on any atom is -0.494 e. The lowest BCUT2D eigenvalue weighted by molar-refractivity contribution is -0.232. The summed E-state index contributed by atoms with van der Waals surface area (Å²) in [5, 5.41) is 0.0962. The van der Waals surface area contributed by atoms with Crippen molar-refractivity contribution in [3.63, 3.8) is 0 Å². The summed E-state index contributed by atoms with van der Waals surface area (Å²) in [7, 11) is -2.07. The molecule has 8 atom stereocenters. The van der Waals surface area contributed by atoms with E-state index in [2.05, 4.69) is 55.7 Å². The number of hydrogen-bond acceptors (Lipinski definition) is 6. The molecule has 2 aliphatic heterocycles. The maximum atomic E-state index is 7.21. The Morgan fingerprint density at radius 1 is 1.00 bits per heavy atom. The molecule has 1 aliphatic carbocycles. The molecule has 0 amide bonds. The molecule has 1 aromatic rings. The molecule has 0 radical (unpaired) electrons. The van der Waals surface area contributed by atoms with Crippen LogP contribution in [-0.4, -0.2) is 63.9 Å². The second-order valence-electron chi connectivity index (χ2n) is 14.0. The van der Waals surface area contributed by atoms with Crippen molar-refractivity contribution in [2.45, 2.75) is 139 Å². The van der Waals surface area contributed by atoms with Gasteiger partial charge in [0.15, 0.2) is 20.9 Å². The number of halogens is 1. The Bertz CT molecular complexity index is 982. The molecule has 1 aromatic carbocycles. The summed E-state index contributed by atoms with van der Waals surface area (Å²) >= 11 is 3.79. The van der Waals surface area contributed by atoms with Gasteiger partial charge >= 0.3 is 0 Å². The van der Waals surface area contributed by atoms with Crippen molar-refractivity contribution in [1.82, 2.24) is 0 Å². The summed E-state index contributed by atoms with van der Waals surface area (Å²) in [6.07, 6.45) is 15.1. The minimum absolute atomic E-state index is 0.0341. The molecule has 6 nitrogen and oxygen atoms in total. The van der Waals surface area contributed by atoms with E-state index in [1.54, 1.807) is 0 Å². The maximum Gasteiger partial charge on any atom is 0.192 e. The van der Waals surface area contributed by atoms with Crippen LogP contribution < -0.4 is 4.74 Å². The zero-order valence-electron chi connectivity index (χ0n) is 27.1. The van der Waals surface area contributed by atoms with Crippen LogP contribution in [0.5, 0.6) is 5.75 Å². The summed E-state index contributed by atoms with van der Waals surface area (Å²) in [5.74, 6) is 4.09. The van der Waals surface area contributed by atoms with Gasteiger partial charge < -0.3 is 28.1 Å². The average Bonchev–Trinajstić information content (AvgIpc) is 3.30. The summed E-state index contributed by atoms with van der Waals surface area (Å²) in [6.45, 7) is 13.7. The quantitative estimate of drug-likeness (QED) is 0.0851. The highest BCUT2D eigenvalue weighted by Gasteiger charge is 2.52. The Morgan fingerprint density at radius 2 is 1.67 bits per heavy atom. The number of alkyl halides is 1. The Balaban J connectivity index is 1.61. The lowest BCUT2D eigenvalue weighted by atomic mass is 9.83. The first-order valence-electron chi connectivity index (χ1n) is 16.6. The van der Waals surface area contributed by atoms with Crippen LogP contribution in [0.25, 0.3) is 0 Å². The normalized spacial score (nSPS) is 30.0. The molecule has 0 aromatic heterocycles. The second-order valence-corrected chi connectivity index (χ2v) is 19.9. The first kappa shape index (κ1) is 34.9. The molecular formula is C35H55BrO6Si. The smallest absolute Gasteiger partial charge is 0.192 e. The van der Waals surface area contributed by atoms with Crippen molar-refractivity contribution in [3.8, 4) is 18.1 Å². The standard InChI is InChI=1S/C35H55BrO6Si/c1-7-26(36)24-28-30(42-43(5,6)35(2,3)4)25-31(41-33-20-12-14-22-39-33)34(28)29(40-32-19-11-13-21-38-32)18-15-23-37-27-16-9-8-10-17-27/h1,8-10,16-17,26,28-34H,11-15,18-25H2,2-6H3/t26-,28-,29?,30-,31+,32?,33?,34-/m1/s1. The topological polar surface area (TPSA) is 55.4 Å². The van der Waals surface area contributed by atoms with Gasteiger partial charge in [0, 0.05) is 19.1 Å². The Labute approximate surface area is 270 Å². The van der Waals surface area contributed by atoms with Gasteiger partial charge in [-0.05, 0) is 100 Å². The number of ether oxygens (including phenoxy) is 5. The van der Waals surface area contributed by atoms with Crippen LogP contribution in [-0.2, 0) is 23.4 Å². The highest BCUT2D eigenvalue weighted by molar-refractivity contribution is 9.09. The highest BCUT2D eigenvalue weighted by Crippen LogP contribution is 2.48. The predicted octanol–water partition coefficient (Wildman–Crippen LogP) is 8.48. The van der Waals surface area contributed by atoms with Crippen LogP contribution in [0.4, 0.5) is 0 Å². The fraction of sp³-hybridized carbons (Fsp3) is 0.771. The van der Waals surface area contributed by atoms with E-state index < -0.39 is 8.32 Å². The fourth-order valence-electron chi connectivity index (χ4n) is 6.42. The maximum absolute atomic E-state index is 7.21. The van der Waals surface area contributed by atoms with Gasteiger partial charge in [0.1, 0.15) is 5.75 Å². The zero-order chi connectivity index (χ0) is 30.9. The molecule has 4 rings (SSSR count). The van der Waals surface area contributed by atoms with Crippen LogP contribution in [0, 0.1) is 24.2 Å². The van der Waals surface area contributed by atoms with Crippen LogP contribution in [0.2, 0.25) is 18.1 Å². The average molecular weight is 680 g/mol. The Morgan fingerprint density at radius 3 is 2.28 bits per heavy atom. The van der Waals surface area contributed by atoms with Crippen LogP contribution >= 0.6 is 15.9 Å². The molecule has 8 heteroatoms. The Hall–Kier alpha value is -0.923. The first-order valence-corrected chi connectivity index (χ1v) is 20.4. The van der Waals surface area contributed by atoms with Gasteiger partial charge in [-0.15, -0.1) is 6.42 Å². The third-order valence-corrected chi connectivity index (χ3v) is 14.9. The zero-order valence-corrected chi connectivity index (χ0v) is 29.7. The van der Waals surface area contributed by atoms with E-state index in [0.29, 0.717) is 6.61 Å². The van der Waals surface area contributed by atoms with Crippen molar-refractivity contribution in [3.05, 3.63) is 30.3 Å². The van der Waals surface area contributed by atoms with Crippen LogP contribution in [0.15, 0.2) is 30.3 Å². The lowest BCUT2D eigenvalue weighted by Gasteiger charge is -2.41. The molecule has 0 bridgehead atoms. The van der Waals surface area contributed by atoms with Gasteiger partial charge in [0.05, 0.1) is 29.7 Å². The van der Waals surface area contributed by atoms with Crippen LogP contribution in [0.1, 0.15) is 85.0 Å². The number of terminal acetylenes is 1. The van der Waals surface area contributed by atoms with E-state index in [4.69, 9.17) is 34.5 Å². The largest absolute Gasteiger partial charge is 0.494 e. The highest BCUT2D eigenvalue weighted by atomic mass is 79.9. The molecule has 242 valence electrons. The minimum atomic E-state index is -2.07. The van der Waals surface area contributed by atoms with E-state index in [-0.39, 0.29) is 52.6 Å². The molecule has 1 saturated carbocycles. The second kappa shape index (κ2) is 16.6. The van der Waals surface area contributed by atoms with Gasteiger partial charge in [0.2, 0.25) is 0 Å². The molecule has 3 fully saturated rings. The first-order chi connectivity index (χ1) is 20.6. The molecular weight excluding hydrogens is 624 g/mol. The third kappa shape index (κ3) is 10.3. The Kier molecular flexibility index (Phi) is 13.5. The predicted molar refractivity (Wildman–Crippen MR) is 178 cm³/mol. The lowest BCUT2D eigenvalue weighted by Crippen LogP contribution is -2.46. The SMILES string of the molecule is C#C[C@@H](Br)C[C@H]1[C@H](C(CCCOc2ccccc2)OC2CCCCO2)[C@@H](OC2CCCCO2)C[C@H]1O[Si](C)(C)C(C)(C)C. The number of benzene rings is 1. The van der Waals surface area contributed by atoms with E-state index in [1.807, 2.05) is 30.3 Å². The van der Waals surface area contributed by atoms with E-state index >= 15 is 0 Å². The molecule has 2 heterocycles. The third-order valence-electron chi connectivity index (χ3n) is 9.78. The van der Waals surface area contributed by atoms with E-state index in [9.17, 15) is 0 Å². The van der Waals surface area contributed by atoms with E-state index in [1.165, 1.54) is 0 Å². The number of rotatable bonds is 14. The molecule has 3 unspecified atom stereocenters. The van der Waals surface area contributed by atoms with E-state index in [0.717, 1.165) is 83.2 Å². The molecule has 0 N–H and O–H groups in total. The van der Waals surface area contributed by atoms with Gasteiger partial charge in [-0.2, -0.15) is 0 Å². The molecule has 2 saturated heterocycles. The van der Waals surface area contributed by atoms with Gasteiger partial charge in [-0.25, -0.2) is 0 Å². The van der Waals surface area contributed by atoms with Gasteiger partial charge in [0.25, 0.3) is 0 Å². The van der Waals surface area contributed by atoms with Crippen molar-refractivity contribution in [1.29, 1.82) is 0 Å². The molecule has 3 aliphatic rings. The van der Waals surface area contributed by atoms with Crippen molar-refractivity contribution in [2.75, 3.05) is 19.8 Å². The summed E-state index contributed by atoms with van der Waals surface area (Å²) in [5.41, 5.74) is 0. The van der Waals surface area contributed by atoms with Gasteiger partial charge in [-0.1, -0.05) is 60.8 Å². The molecule has 0 spiro atoms. The number of hydrogen-bond donors (Lipinski definition) is 0. The summed E-state index contributed by atoms with van der Waals surface area (Å²) in [4.78, 5) is -0.0526. The van der Waals surface area contributed by atoms with Crippen molar-refractivity contribution < 1.29 is 28.1 Å². The van der Waals surface area contributed by atoms with Crippen molar-refractivity contribution in [2.24, 2.45) is 11.8 Å². The van der Waals surface area contributed by atoms with Crippen LogP contribution in [0.3, 0.4) is 0 Å².